The minimum absolute atomic E-state index is 0.00417. The summed E-state index contributed by atoms with van der Waals surface area (Å²) in [6, 6.07) is 0. The fourth-order valence-corrected chi connectivity index (χ4v) is 4.30. The lowest BCUT2D eigenvalue weighted by Gasteiger charge is -2.53. The molecule has 0 N–H and O–H groups in total. The highest BCUT2D eigenvalue weighted by Crippen LogP contribution is 2.60. The van der Waals surface area contributed by atoms with Crippen molar-refractivity contribution in [3.63, 3.8) is 0 Å². The predicted molar refractivity (Wildman–Crippen MR) is 65.9 cm³/mol. The number of cyclic esters (lactones) is 2. The first-order chi connectivity index (χ1) is 9.58. The summed E-state index contributed by atoms with van der Waals surface area (Å²) in [5.74, 6) is -1.20. The average Bonchev–Trinajstić information content (AvgIpc) is 2.66. The Bertz CT molecular complexity index is 587. The van der Waals surface area contributed by atoms with Gasteiger partial charge in [0, 0.05) is 6.92 Å². The molecule has 1 saturated heterocycles. The van der Waals surface area contributed by atoms with E-state index in [1.165, 1.54) is 6.92 Å². The second kappa shape index (κ2) is 3.81. The van der Waals surface area contributed by atoms with E-state index in [9.17, 15) is 14.4 Å². The summed E-state index contributed by atoms with van der Waals surface area (Å²) in [4.78, 5) is 34.6. The summed E-state index contributed by atoms with van der Waals surface area (Å²) in [5, 5.41) is 0. The Morgan fingerprint density at radius 2 is 1.75 bits per heavy atom. The van der Waals surface area contributed by atoms with Crippen molar-refractivity contribution in [3.05, 3.63) is 23.8 Å². The first kappa shape index (κ1) is 11.9. The van der Waals surface area contributed by atoms with Crippen LogP contribution in [0.5, 0.6) is 0 Å². The Kier molecular flexibility index (Phi) is 2.26. The van der Waals surface area contributed by atoms with E-state index in [-0.39, 0.29) is 54.1 Å². The van der Waals surface area contributed by atoms with Crippen LogP contribution in [0, 0.1) is 35.5 Å². The van der Waals surface area contributed by atoms with Crippen LogP contribution in [0.25, 0.3) is 0 Å². The second-order valence-electron chi connectivity index (χ2n) is 5.96. The van der Waals surface area contributed by atoms with Crippen LogP contribution in [-0.2, 0) is 23.9 Å². The monoisotopic (exact) mass is 274 g/mol. The maximum Gasteiger partial charge on any atom is 0.318 e. The number of hydrogen-bond acceptors (Lipinski definition) is 5. The molecule has 1 saturated carbocycles. The van der Waals surface area contributed by atoms with Gasteiger partial charge in [-0.25, -0.2) is 0 Å². The van der Waals surface area contributed by atoms with E-state index in [0.717, 1.165) is 5.57 Å². The SMILES string of the molecule is CC(=O)OCC1=C[C@H]2[C@@H]3C=C[C@@H]([C@H]12)[C@H]1C(=O)OC(=O)[C@H]31. The first-order valence-electron chi connectivity index (χ1n) is 6.86. The lowest BCUT2D eigenvalue weighted by Crippen LogP contribution is -2.53. The van der Waals surface area contributed by atoms with Gasteiger partial charge < -0.3 is 9.47 Å². The highest BCUT2D eigenvalue weighted by Gasteiger charge is 2.63. The molecule has 0 aromatic carbocycles. The number of rotatable bonds is 2. The van der Waals surface area contributed by atoms with E-state index in [1.54, 1.807) is 0 Å². The zero-order valence-electron chi connectivity index (χ0n) is 10.9. The molecule has 0 unspecified atom stereocenters. The third-order valence-electron chi connectivity index (χ3n) is 5.07. The van der Waals surface area contributed by atoms with Crippen molar-refractivity contribution in [2.24, 2.45) is 35.5 Å². The number of carbonyl (C=O) groups excluding carboxylic acids is 3. The Morgan fingerprint density at radius 3 is 2.45 bits per heavy atom. The van der Waals surface area contributed by atoms with Gasteiger partial charge in [0.2, 0.25) is 0 Å². The Hall–Kier alpha value is -1.91. The van der Waals surface area contributed by atoms with Gasteiger partial charge >= 0.3 is 17.9 Å². The van der Waals surface area contributed by atoms with E-state index in [2.05, 4.69) is 6.08 Å². The van der Waals surface area contributed by atoms with Gasteiger partial charge in [0.25, 0.3) is 0 Å². The van der Waals surface area contributed by atoms with Gasteiger partial charge in [0.05, 0.1) is 11.8 Å². The van der Waals surface area contributed by atoms with E-state index in [1.807, 2.05) is 12.2 Å². The number of hydrogen-bond donors (Lipinski definition) is 0. The van der Waals surface area contributed by atoms with Crippen molar-refractivity contribution < 1.29 is 23.9 Å². The summed E-state index contributed by atoms with van der Waals surface area (Å²) in [7, 11) is 0. The number of carbonyl (C=O) groups is 3. The van der Waals surface area contributed by atoms with Crippen LogP contribution in [0.4, 0.5) is 0 Å². The molecule has 4 aliphatic carbocycles. The smallest absolute Gasteiger partial charge is 0.318 e. The Balaban J connectivity index is 1.63. The predicted octanol–water partition coefficient (Wildman–Crippen LogP) is 0.853. The number of ether oxygens (including phenoxy) is 2. The summed E-state index contributed by atoms with van der Waals surface area (Å²) in [6.45, 7) is 1.67. The molecule has 0 amide bonds. The molecular weight excluding hydrogens is 260 g/mol. The lowest BCUT2D eigenvalue weighted by atomic mass is 9.48. The molecule has 5 aliphatic rings. The zero-order chi connectivity index (χ0) is 14.0. The highest BCUT2D eigenvalue weighted by atomic mass is 16.6. The molecule has 5 heteroatoms. The van der Waals surface area contributed by atoms with Crippen molar-refractivity contribution in [2.75, 3.05) is 6.61 Å². The van der Waals surface area contributed by atoms with Gasteiger partial charge in [-0.3, -0.25) is 14.4 Å². The van der Waals surface area contributed by atoms with E-state index < -0.39 is 5.97 Å². The van der Waals surface area contributed by atoms with Crippen LogP contribution in [0.3, 0.4) is 0 Å². The van der Waals surface area contributed by atoms with Crippen LogP contribution in [-0.4, -0.2) is 24.5 Å². The minimum atomic E-state index is -0.392. The van der Waals surface area contributed by atoms with Crippen molar-refractivity contribution in [1.82, 2.24) is 0 Å². The fourth-order valence-electron chi connectivity index (χ4n) is 4.30. The fraction of sp³-hybridized carbons (Fsp3) is 0.533. The maximum absolute atomic E-state index is 11.9. The van der Waals surface area contributed by atoms with Crippen LogP contribution < -0.4 is 0 Å². The van der Waals surface area contributed by atoms with Crippen LogP contribution in [0.1, 0.15) is 6.92 Å². The minimum Gasteiger partial charge on any atom is -0.461 e. The van der Waals surface area contributed by atoms with Crippen molar-refractivity contribution >= 4 is 17.9 Å². The van der Waals surface area contributed by atoms with Gasteiger partial charge in [-0.05, 0) is 29.2 Å². The van der Waals surface area contributed by atoms with E-state index in [0.29, 0.717) is 0 Å². The molecule has 5 rings (SSSR count). The van der Waals surface area contributed by atoms with Gasteiger partial charge in [-0.1, -0.05) is 18.2 Å². The maximum atomic E-state index is 11.9. The number of allylic oxidation sites excluding steroid dienone is 3. The van der Waals surface area contributed by atoms with Crippen molar-refractivity contribution in [3.8, 4) is 0 Å². The molecule has 0 aromatic rings. The molecular formula is C15H14O5. The first-order valence-corrected chi connectivity index (χ1v) is 6.86. The van der Waals surface area contributed by atoms with E-state index >= 15 is 0 Å². The van der Waals surface area contributed by atoms with Gasteiger partial charge in [-0.15, -0.1) is 0 Å². The molecule has 20 heavy (non-hydrogen) atoms. The Morgan fingerprint density at radius 1 is 1.10 bits per heavy atom. The zero-order valence-corrected chi connectivity index (χ0v) is 10.9. The van der Waals surface area contributed by atoms with Crippen LogP contribution >= 0.6 is 0 Å². The van der Waals surface area contributed by atoms with Crippen LogP contribution in [0.2, 0.25) is 0 Å². The highest BCUT2D eigenvalue weighted by molar-refractivity contribution is 5.98. The molecule has 1 aliphatic heterocycles. The summed E-state index contributed by atoms with van der Waals surface area (Å²) in [6.07, 6.45) is 6.17. The van der Waals surface area contributed by atoms with Crippen molar-refractivity contribution in [1.29, 1.82) is 0 Å². The van der Waals surface area contributed by atoms with Crippen LogP contribution in [0.15, 0.2) is 23.8 Å². The number of esters is 3. The summed E-state index contributed by atoms with van der Waals surface area (Å²) >= 11 is 0. The summed E-state index contributed by atoms with van der Waals surface area (Å²) in [5.41, 5.74) is 1.06. The lowest BCUT2D eigenvalue weighted by molar-refractivity contribution is -0.154. The molecule has 5 nitrogen and oxygen atoms in total. The topological polar surface area (TPSA) is 69.7 Å². The van der Waals surface area contributed by atoms with Crippen molar-refractivity contribution in [2.45, 2.75) is 6.92 Å². The second-order valence-corrected chi connectivity index (χ2v) is 5.96. The third kappa shape index (κ3) is 1.35. The van der Waals surface area contributed by atoms with Gasteiger partial charge in [-0.2, -0.15) is 0 Å². The third-order valence-corrected chi connectivity index (χ3v) is 5.07. The molecule has 1 heterocycles. The molecule has 2 bridgehead atoms. The molecule has 0 aromatic heterocycles. The summed E-state index contributed by atoms with van der Waals surface area (Å²) < 4.78 is 9.87. The molecule has 2 fully saturated rings. The quantitative estimate of drug-likeness (QED) is 0.424. The molecule has 0 radical (unpaired) electrons. The van der Waals surface area contributed by atoms with Gasteiger partial charge in [0.15, 0.2) is 0 Å². The largest absolute Gasteiger partial charge is 0.461 e. The molecule has 6 atom stereocenters. The normalized spacial score (nSPS) is 43.4. The van der Waals surface area contributed by atoms with Gasteiger partial charge in [0.1, 0.15) is 6.61 Å². The average molecular weight is 274 g/mol. The standard InChI is InChI=1S/C15H14O5/c1-6(16)19-5-7-4-10-8-2-3-9(11(7)10)13-12(8)14(17)20-15(13)18/h2-4,8-13H,5H2,1H3/t8-,9-,10-,11-,12+,13+/m0/s1. The van der Waals surface area contributed by atoms with E-state index in [4.69, 9.17) is 9.47 Å². The Labute approximate surface area is 115 Å². The molecule has 104 valence electrons. The molecule has 0 spiro atoms.